The summed E-state index contributed by atoms with van der Waals surface area (Å²) in [5, 5.41) is 32.3. The van der Waals surface area contributed by atoms with E-state index in [9.17, 15) is 23.9 Å². The van der Waals surface area contributed by atoms with Gasteiger partial charge in [-0.25, -0.2) is 19.2 Å². The predicted molar refractivity (Wildman–Crippen MR) is 127 cm³/mol. The lowest BCUT2D eigenvalue weighted by Gasteiger charge is -2.35. The molecule has 3 aliphatic heterocycles. The zero-order valence-electron chi connectivity index (χ0n) is 20.5. The summed E-state index contributed by atoms with van der Waals surface area (Å²) in [7, 11) is 1.48. The van der Waals surface area contributed by atoms with Crippen LogP contribution in [-0.2, 0) is 24.3 Å². The first-order chi connectivity index (χ1) is 17.6. The Morgan fingerprint density at radius 1 is 1.35 bits per heavy atom. The smallest absolute Gasteiger partial charge is 0.322 e. The lowest BCUT2D eigenvalue weighted by molar-refractivity contribution is -0.165. The maximum Gasteiger partial charge on any atom is 0.322 e. The molecule has 2 aromatic rings. The number of nitriles is 1. The number of aliphatic hydroxyl groups is 1. The molecular formula is C24H27FN8O4. The summed E-state index contributed by atoms with van der Waals surface area (Å²) in [6.07, 6.45) is 1.32. The fourth-order valence-corrected chi connectivity index (χ4v) is 5.12. The van der Waals surface area contributed by atoms with Gasteiger partial charge in [0.25, 0.3) is 11.8 Å². The second-order valence-electron chi connectivity index (χ2n) is 9.56. The molecule has 2 atom stereocenters. The Bertz CT molecular complexity index is 1330. The number of nitrogens with zero attached hydrogens (tertiary/aromatic N) is 6. The van der Waals surface area contributed by atoms with Gasteiger partial charge in [-0.3, -0.25) is 19.6 Å². The van der Waals surface area contributed by atoms with Gasteiger partial charge in [0.1, 0.15) is 17.6 Å². The lowest BCUT2D eigenvalue weighted by Crippen LogP contribution is -2.59. The van der Waals surface area contributed by atoms with Gasteiger partial charge in [0.2, 0.25) is 0 Å². The van der Waals surface area contributed by atoms with Crippen LogP contribution in [0.1, 0.15) is 47.1 Å². The van der Waals surface area contributed by atoms with Crippen LogP contribution in [0.15, 0.2) is 18.2 Å². The van der Waals surface area contributed by atoms with Crippen LogP contribution in [-0.4, -0.2) is 79.6 Å². The van der Waals surface area contributed by atoms with Crippen molar-refractivity contribution < 1.29 is 23.9 Å². The third kappa shape index (κ3) is 4.17. The summed E-state index contributed by atoms with van der Waals surface area (Å²) in [6.45, 7) is 2.86. The number of hydrazine groups is 1. The zero-order chi connectivity index (χ0) is 26.5. The average molecular weight is 511 g/mol. The number of rotatable bonds is 2. The van der Waals surface area contributed by atoms with Gasteiger partial charge in [-0.2, -0.15) is 10.4 Å². The summed E-state index contributed by atoms with van der Waals surface area (Å²) in [5.41, 5.74) is -0.0302. The fraction of sp³-hybridized carbons (Fsp3) is 0.458. The van der Waals surface area contributed by atoms with E-state index in [1.165, 1.54) is 29.2 Å². The fourth-order valence-electron chi connectivity index (χ4n) is 5.12. The molecule has 0 bridgehead atoms. The van der Waals surface area contributed by atoms with Crippen LogP contribution in [0.25, 0.3) is 0 Å². The SMILES string of the molecule is CC1Cc2nn3c(c2CN1C(=O)Nc1ccc(F)c(C#N)c1)C(=O)N(C)N(C(=O)[C@]1(O)CCCN1)CC3. The van der Waals surface area contributed by atoms with Gasteiger partial charge in [0.15, 0.2) is 5.72 Å². The normalized spacial score (nSPS) is 23.3. The van der Waals surface area contributed by atoms with E-state index in [2.05, 4.69) is 15.7 Å². The molecular weight excluding hydrogens is 483 g/mol. The number of fused-ring (bicyclic) bond motifs is 3. The van der Waals surface area contributed by atoms with Crippen molar-refractivity contribution in [2.75, 3.05) is 25.5 Å². The van der Waals surface area contributed by atoms with Gasteiger partial charge in [0.05, 0.1) is 30.9 Å². The van der Waals surface area contributed by atoms with E-state index < -0.39 is 29.4 Å². The molecule has 4 heterocycles. The number of carbonyl (C=O) groups is 3. The van der Waals surface area contributed by atoms with Crippen molar-refractivity contribution in [3.63, 3.8) is 0 Å². The van der Waals surface area contributed by atoms with Crippen molar-refractivity contribution in [1.29, 1.82) is 5.26 Å². The van der Waals surface area contributed by atoms with Gasteiger partial charge in [-0.1, -0.05) is 0 Å². The van der Waals surface area contributed by atoms with E-state index in [-0.39, 0.29) is 49.0 Å². The highest BCUT2D eigenvalue weighted by molar-refractivity contribution is 5.97. The van der Waals surface area contributed by atoms with E-state index >= 15 is 0 Å². The second kappa shape index (κ2) is 9.13. The van der Waals surface area contributed by atoms with Crippen LogP contribution in [0.3, 0.4) is 0 Å². The molecule has 37 heavy (non-hydrogen) atoms. The molecule has 1 unspecified atom stereocenters. The van der Waals surface area contributed by atoms with Crippen molar-refractivity contribution >= 4 is 23.5 Å². The maximum absolute atomic E-state index is 13.7. The summed E-state index contributed by atoms with van der Waals surface area (Å²) in [4.78, 5) is 41.3. The van der Waals surface area contributed by atoms with Crippen molar-refractivity contribution in [2.24, 2.45) is 0 Å². The number of hydrogen-bond donors (Lipinski definition) is 3. The number of aromatic nitrogens is 2. The van der Waals surface area contributed by atoms with Gasteiger partial charge in [-0.15, -0.1) is 0 Å². The summed E-state index contributed by atoms with van der Waals surface area (Å²) in [5.74, 6) is -1.73. The monoisotopic (exact) mass is 510 g/mol. The highest BCUT2D eigenvalue weighted by Gasteiger charge is 2.45. The Morgan fingerprint density at radius 3 is 2.84 bits per heavy atom. The van der Waals surface area contributed by atoms with Gasteiger partial charge >= 0.3 is 6.03 Å². The summed E-state index contributed by atoms with van der Waals surface area (Å²) < 4.78 is 15.2. The Hall–Kier alpha value is -4.02. The number of halogens is 1. The molecule has 1 aromatic carbocycles. The summed E-state index contributed by atoms with van der Waals surface area (Å²) in [6, 6.07) is 4.79. The minimum Gasteiger partial charge on any atom is -0.367 e. The molecule has 4 amide bonds. The second-order valence-corrected chi connectivity index (χ2v) is 9.56. The van der Waals surface area contributed by atoms with Crippen molar-refractivity contribution in [3.8, 4) is 6.07 Å². The maximum atomic E-state index is 13.7. The third-order valence-electron chi connectivity index (χ3n) is 7.19. The molecule has 1 saturated heterocycles. The van der Waals surface area contributed by atoms with Crippen LogP contribution in [0.5, 0.6) is 0 Å². The number of urea groups is 1. The van der Waals surface area contributed by atoms with Gasteiger partial charge in [-0.05, 0) is 38.1 Å². The zero-order valence-corrected chi connectivity index (χ0v) is 20.5. The third-order valence-corrected chi connectivity index (χ3v) is 7.19. The van der Waals surface area contributed by atoms with Crippen molar-refractivity contribution in [3.05, 3.63) is 46.5 Å². The first kappa shape index (κ1) is 24.7. The lowest BCUT2D eigenvalue weighted by atomic mass is 9.99. The molecule has 1 aromatic heterocycles. The molecule has 0 aliphatic carbocycles. The minimum absolute atomic E-state index is 0.100. The van der Waals surface area contributed by atoms with E-state index in [0.29, 0.717) is 30.6 Å². The minimum atomic E-state index is -1.71. The highest BCUT2D eigenvalue weighted by Crippen LogP contribution is 2.30. The Morgan fingerprint density at radius 2 is 2.14 bits per heavy atom. The van der Waals surface area contributed by atoms with E-state index in [0.717, 1.165) is 6.07 Å². The van der Waals surface area contributed by atoms with Crippen LogP contribution < -0.4 is 10.6 Å². The first-order valence-corrected chi connectivity index (χ1v) is 12.1. The van der Waals surface area contributed by atoms with Gasteiger partial charge in [0, 0.05) is 37.2 Å². The van der Waals surface area contributed by atoms with Crippen LogP contribution >= 0.6 is 0 Å². The largest absolute Gasteiger partial charge is 0.367 e. The number of anilines is 1. The number of nitrogens with one attached hydrogen (secondary N) is 2. The first-order valence-electron chi connectivity index (χ1n) is 12.1. The molecule has 1 fully saturated rings. The predicted octanol–water partition coefficient (Wildman–Crippen LogP) is 0.774. The molecule has 194 valence electrons. The standard InChI is InChI=1S/C24H27FN8O4/c1-14-10-19-17(13-31(14)23(36)28-16-4-5-18(25)15(11-16)12-26)20-21(34)30(2)33(9-8-32(20)29-19)22(35)24(37)6-3-7-27-24/h4-5,11,14,27,37H,3,6-10,13H2,1-2H3,(H,28,36)/t14?,24-/m1/s1. The topological polar surface area (TPSA) is 147 Å². The Labute approximate surface area is 212 Å². The van der Waals surface area contributed by atoms with Crippen LogP contribution in [0, 0.1) is 17.1 Å². The molecule has 3 N–H and O–H groups in total. The quantitative estimate of drug-likeness (QED) is 0.541. The Balaban J connectivity index is 1.38. The van der Waals surface area contributed by atoms with Gasteiger partial charge < -0.3 is 15.3 Å². The molecule has 13 heteroatoms. The molecule has 12 nitrogen and oxygen atoms in total. The molecule has 0 radical (unpaired) electrons. The highest BCUT2D eigenvalue weighted by atomic mass is 19.1. The number of benzene rings is 1. The Kier molecular flexibility index (Phi) is 6.09. The number of hydrogen-bond acceptors (Lipinski definition) is 7. The molecule has 5 rings (SSSR count). The molecule has 0 saturated carbocycles. The van der Waals surface area contributed by atoms with E-state index in [4.69, 9.17) is 5.26 Å². The van der Waals surface area contributed by atoms with Crippen molar-refractivity contribution in [2.45, 2.75) is 51.0 Å². The number of carbonyl (C=O) groups excluding carboxylic acids is 3. The summed E-state index contributed by atoms with van der Waals surface area (Å²) >= 11 is 0. The molecule has 3 aliphatic rings. The van der Waals surface area contributed by atoms with E-state index in [1.807, 2.05) is 6.92 Å². The number of amides is 4. The van der Waals surface area contributed by atoms with Crippen molar-refractivity contribution in [1.82, 2.24) is 30.0 Å². The molecule has 0 spiro atoms. The average Bonchev–Trinajstić information content (AvgIpc) is 3.44. The van der Waals surface area contributed by atoms with Crippen LogP contribution in [0.2, 0.25) is 0 Å². The van der Waals surface area contributed by atoms with E-state index in [1.54, 1.807) is 15.7 Å². The van der Waals surface area contributed by atoms with Crippen LogP contribution in [0.4, 0.5) is 14.9 Å².